The largest absolute Gasteiger partial charge is 0.381 e. The number of nitrogens with two attached hydrogens (primary N) is 1. The topological polar surface area (TPSA) is 38.5 Å². The zero-order chi connectivity index (χ0) is 11.3. The van der Waals surface area contributed by atoms with E-state index in [0.717, 1.165) is 32.2 Å². The van der Waals surface area contributed by atoms with Crippen molar-refractivity contribution in [3.63, 3.8) is 0 Å². The fraction of sp³-hybridized carbons (Fsp3) is 1.00. The van der Waals surface area contributed by atoms with E-state index in [9.17, 15) is 0 Å². The lowest BCUT2D eigenvalue weighted by atomic mass is 9.95. The molecule has 0 aromatic carbocycles. The van der Waals surface area contributed by atoms with Crippen LogP contribution in [0.15, 0.2) is 0 Å². The van der Waals surface area contributed by atoms with Crippen LogP contribution in [0.25, 0.3) is 0 Å². The maximum atomic E-state index is 5.82. The van der Waals surface area contributed by atoms with Crippen molar-refractivity contribution in [2.45, 2.75) is 39.2 Å². The minimum atomic E-state index is 0.132. The van der Waals surface area contributed by atoms with Gasteiger partial charge in [0.25, 0.3) is 0 Å². The van der Waals surface area contributed by atoms with Gasteiger partial charge in [0, 0.05) is 31.8 Å². The van der Waals surface area contributed by atoms with Gasteiger partial charge in [-0.2, -0.15) is 0 Å². The average Bonchev–Trinajstić information content (AvgIpc) is 2.27. The minimum absolute atomic E-state index is 0.132. The van der Waals surface area contributed by atoms with E-state index in [2.05, 4.69) is 25.7 Å². The van der Waals surface area contributed by atoms with Gasteiger partial charge < -0.3 is 10.5 Å². The fourth-order valence-corrected chi connectivity index (χ4v) is 2.17. The van der Waals surface area contributed by atoms with Crippen LogP contribution < -0.4 is 5.73 Å². The lowest BCUT2D eigenvalue weighted by Crippen LogP contribution is -2.51. The Bertz CT molecular complexity index is 176. The fourth-order valence-electron chi connectivity index (χ4n) is 2.17. The number of hydrogen-bond acceptors (Lipinski definition) is 3. The standard InChI is InChI=1S/C12H26N2O/c1-4-14(12(2,3)10-13)9-11-5-7-15-8-6-11/h11H,4-10,13H2,1-3H3. The van der Waals surface area contributed by atoms with Crippen molar-refractivity contribution in [3.8, 4) is 0 Å². The zero-order valence-electron chi connectivity index (χ0n) is 10.5. The highest BCUT2D eigenvalue weighted by atomic mass is 16.5. The SMILES string of the molecule is CCN(CC1CCOCC1)C(C)(C)CN. The molecule has 0 bridgehead atoms. The first kappa shape index (κ1) is 12.9. The summed E-state index contributed by atoms with van der Waals surface area (Å²) in [6.45, 7) is 11.5. The van der Waals surface area contributed by atoms with Crippen LogP contribution >= 0.6 is 0 Å². The summed E-state index contributed by atoms with van der Waals surface area (Å²) >= 11 is 0. The van der Waals surface area contributed by atoms with E-state index in [0.29, 0.717) is 0 Å². The van der Waals surface area contributed by atoms with Gasteiger partial charge in [-0.05, 0) is 39.2 Å². The summed E-state index contributed by atoms with van der Waals surface area (Å²) in [5.41, 5.74) is 5.95. The van der Waals surface area contributed by atoms with E-state index in [1.54, 1.807) is 0 Å². The molecular formula is C12H26N2O. The van der Waals surface area contributed by atoms with Crippen LogP contribution in [0.1, 0.15) is 33.6 Å². The monoisotopic (exact) mass is 214 g/mol. The van der Waals surface area contributed by atoms with Crippen LogP contribution in [0.5, 0.6) is 0 Å². The van der Waals surface area contributed by atoms with E-state index in [1.807, 2.05) is 0 Å². The predicted molar refractivity (Wildman–Crippen MR) is 63.9 cm³/mol. The molecule has 0 atom stereocenters. The molecule has 3 heteroatoms. The molecule has 15 heavy (non-hydrogen) atoms. The van der Waals surface area contributed by atoms with E-state index < -0.39 is 0 Å². The van der Waals surface area contributed by atoms with Crippen molar-refractivity contribution in [2.24, 2.45) is 11.7 Å². The molecular weight excluding hydrogens is 188 g/mol. The maximum Gasteiger partial charge on any atom is 0.0469 e. The third-order valence-corrected chi connectivity index (χ3v) is 3.56. The average molecular weight is 214 g/mol. The molecule has 1 heterocycles. The smallest absolute Gasteiger partial charge is 0.0469 e. The van der Waals surface area contributed by atoms with Crippen LogP contribution in [-0.2, 0) is 4.74 Å². The van der Waals surface area contributed by atoms with Gasteiger partial charge in [-0.15, -0.1) is 0 Å². The van der Waals surface area contributed by atoms with Crippen molar-refractivity contribution < 1.29 is 4.74 Å². The predicted octanol–water partition coefficient (Wildman–Crippen LogP) is 1.47. The molecule has 0 aromatic heterocycles. The van der Waals surface area contributed by atoms with E-state index >= 15 is 0 Å². The van der Waals surface area contributed by atoms with Crippen LogP contribution in [0.2, 0.25) is 0 Å². The summed E-state index contributed by atoms with van der Waals surface area (Å²) in [6.07, 6.45) is 2.41. The summed E-state index contributed by atoms with van der Waals surface area (Å²) < 4.78 is 5.38. The second-order valence-electron chi connectivity index (χ2n) is 5.11. The number of ether oxygens (including phenoxy) is 1. The Morgan fingerprint density at radius 3 is 2.40 bits per heavy atom. The molecule has 1 rings (SSSR count). The molecule has 0 spiro atoms. The summed E-state index contributed by atoms with van der Waals surface area (Å²) in [5.74, 6) is 0.796. The van der Waals surface area contributed by atoms with Gasteiger partial charge in [0.2, 0.25) is 0 Å². The van der Waals surface area contributed by atoms with Crippen LogP contribution in [0.4, 0.5) is 0 Å². The molecule has 1 fully saturated rings. The second-order valence-corrected chi connectivity index (χ2v) is 5.11. The van der Waals surface area contributed by atoms with Gasteiger partial charge in [0.1, 0.15) is 0 Å². The minimum Gasteiger partial charge on any atom is -0.381 e. The Labute approximate surface area is 94.0 Å². The Hall–Kier alpha value is -0.120. The van der Waals surface area contributed by atoms with Crippen molar-refractivity contribution in [2.75, 3.05) is 32.8 Å². The molecule has 1 saturated heterocycles. The van der Waals surface area contributed by atoms with Gasteiger partial charge in [0.15, 0.2) is 0 Å². The van der Waals surface area contributed by atoms with Crippen molar-refractivity contribution >= 4 is 0 Å². The second kappa shape index (κ2) is 5.83. The van der Waals surface area contributed by atoms with Crippen molar-refractivity contribution in [1.82, 2.24) is 4.90 Å². The third kappa shape index (κ3) is 3.74. The number of likely N-dealkylation sites (N-methyl/N-ethyl adjacent to an activating group) is 1. The molecule has 90 valence electrons. The zero-order valence-corrected chi connectivity index (χ0v) is 10.5. The molecule has 2 N–H and O–H groups in total. The first-order valence-corrected chi connectivity index (χ1v) is 6.13. The molecule has 1 aliphatic rings. The Morgan fingerprint density at radius 2 is 1.93 bits per heavy atom. The summed E-state index contributed by atoms with van der Waals surface area (Å²) in [5, 5.41) is 0. The number of rotatable bonds is 5. The maximum absolute atomic E-state index is 5.82. The van der Waals surface area contributed by atoms with Crippen LogP contribution in [0, 0.1) is 5.92 Å². The van der Waals surface area contributed by atoms with Crippen LogP contribution in [-0.4, -0.2) is 43.3 Å². The van der Waals surface area contributed by atoms with E-state index in [1.165, 1.54) is 19.4 Å². The molecule has 0 aromatic rings. The molecule has 0 unspecified atom stereocenters. The molecule has 3 nitrogen and oxygen atoms in total. The van der Waals surface area contributed by atoms with Gasteiger partial charge in [0.05, 0.1) is 0 Å². The Balaban J connectivity index is 2.44. The van der Waals surface area contributed by atoms with Gasteiger partial charge >= 0.3 is 0 Å². The summed E-state index contributed by atoms with van der Waals surface area (Å²) in [6, 6.07) is 0. The number of nitrogens with zero attached hydrogens (tertiary/aromatic N) is 1. The Kier molecular flexibility index (Phi) is 5.03. The van der Waals surface area contributed by atoms with E-state index in [-0.39, 0.29) is 5.54 Å². The normalized spacial score (nSPS) is 19.8. The van der Waals surface area contributed by atoms with Crippen molar-refractivity contribution in [1.29, 1.82) is 0 Å². The lowest BCUT2D eigenvalue weighted by molar-refractivity contribution is 0.0343. The van der Waals surface area contributed by atoms with Gasteiger partial charge in [-0.25, -0.2) is 0 Å². The molecule has 0 aliphatic carbocycles. The summed E-state index contributed by atoms with van der Waals surface area (Å²) in [4.78, 5) is 2.50. The number of hydrogen-bond donors (Lipinski definition) is 1. The highest BCUT2D eigenvalue weighted by Gasteiger charge is 2.26. The first-order chi connectivity index (χ1) is 7.10. The van der Waals surface area contributed by atoms with Gasteiger partial charge in [-0.3, -0.25) is 4.90 Å². The molecule has 0 saturated carbocycles. The molecule has 0 radical (unpaired) electrons. The summed E-state index contributed by atoms with van der Waals surface area (Å²) in [7, 11) is 0. The van der Waals surface area contributed by atoms with Gasteiger partial charge in [-0.1, -0.05) is 6.92 Å². The highest BCUT2D eigenvalue weighted by Crippen LogP contribution is 2.20. The van der Waals surface area contributed by atoms with Crippen molar-refractivity contribution in [3.05, 3.63) is 0 Å². The molecule has 1 aliphatic heterocycles. The first-order valence-electron chi connectivity index (χ1n) is 6.13. The molecule has 0 amide bonds. The Morgan fingerprint density at radius 1 is 1.33 bits per heavy atom. The quantitative estimate of drug-likeness (QED) is 0.753. The highest BCUT2D eigenvalue weighted by molar-refractivity contribution is 4.83. The third-order valence-electron chi connectivity index (χ3n) is 3.56. The lowest BCUT2D eigenvalue weighted by Gasteiger charge is -2.40. The van der Waals surface area contributed by atoms with E-state index in [4.69, 9.17) is 10.5 Å². The van der Waals surface area contributed by atoms with Crippen LogP contribution in [0.3, 0.4) is 0 Å².